The zero-order valence-corrected chi connectivity index (χ0v) is 6.48. The smallest absolute Gasteiger partial charge is 0.338 e. The van der Waals surface area contributed by atoms with E-state index in [1.807, 2.05) is 0 Å². The van der Waals surface area contributed by atoms with Crippen molar-refractivity contribution in [2.45, 2.75) is 0 Å². The van der Waals surface area contributed by atoms with Gasteiger partial charge in [0.15, 0.2) is 0 Å². The molecule has 1 aromatic rings. The summed E-state index contributed by atoms with van der Waals surface area (Å²) in [6.07, 6.45) is 0. The predicted octanol–water partition coefficient (Wildman–Crippen LogP) is 1.22. The van der Waals surface area contributed by atoms with Gasteiger partial charge in [-0.25, -0.2) is 9.64 Å². The molecule has 0 fully saturated rings. The summed E-state index contributed by atoms with van der Waals surface area (Å²) >= 11 is 0. The van der Waals surface area contributed by atoms with Crippen molar-refractivity contribution in [1.29, 1.82) is 0 Å². The molecule has 0 saturated carbocycles. The zero-order chi connectivity index (χ0) is 10.0. The van der Waals surface area contributed by atoms with Gasteiger partial charge in [-0.2, -0.15) is 0 Å². The molecular formula is C8H6N2O3. The number of anilines is 1. The molecule has 0 aromatic heterocycles. The van der Waals surface area contributed by atoms with Crippen molar-refractivity contribution in [1.82, 2.24) is 0 Å². The van der Waals surface area contributed by atoms with Crippen LogP contribution in [0.15, 0.2) is 12.1 Å². The summed E-state index contributed by atoms with van der Waals surface area (Å²) in [7, 11) is 0. The van der Waals surface area contributed by atoms with Crippen LogP contribution in [0, 0.1) is 6.57 Å². The minimum Gasteiger partial charge on any atom is -0.518 e. The van der Waals surface area contributed by atoms with Gasteiger partial charge in [0, 0.05) is 5.69 Å². The molecule has 5 heteroatoms. The highest BCUT2D eigenvalue weighted by atomic mass is 16.4. The summed E-state index contributed by atoms with van der Waals surface area (Å²) < 4.78 is 0. The summed E-state index contributed by atoms with van der Waals surface area (Å²) in [5.74, 6) is -1.87. The first-order valence-electron chi connectivity index (χ1n) is 3.30. The first-order chi connectivity index (χ1) is 6.07. The molecule has 0 unspecified atom stereocenters. The monoisotopic (exact) mass is 178 g/mol. The fourth-order valence-corrected chi connectivity index (χ4v) is 0.885. The van der Waals surface area contributed by atoms with E-state index in [9.17, 15) is 9.90 Å². The number of nitrogen functional groups attached to an aromatic ring is 1. The second kappa shape index (κ2) is 3.03. The fraction of sp³-hybridized carbons (Fsp3) is 0. The maximum Gasteiger partial charge on any atom is 0.338 e. The highest BCUT2D eigenvalue weighted by molar-refractivity contribution is 5.95. The molecule has 0 spiro atoms. The van der Waals surface area contributed by atoms with E-state index < -0.39 is 11.7 Å². The maximum atomic E-state index is 10.5. The Morgan fingerprint density at radius 2 is 2.15 bits per heavy atom. The standard InChI is InChI=1S/C8H6N2O3/c1-10-6-5(9)3-2-4(7(6)11)8(12)13/h2-3,11H,9H2,(H,12,13). The lowest BCUT2D eigenvalue weighted by Gasteiger charge is -2.03. The van der Waals surface area contributed by atoms with Crippen LogP contribution in [0.3, 0.4) is 0 Å². The van der Waals surface area contributed by atoms with E-state index in [-0.39, 0.29) is 16.9 Å². The topological polar surface area (TPSA) is 87.9 Å². The van der Waals surface area contributed by atoms with E-state index >= 15 is 0 Å². The molecule has 4 N–H and O–H groups in total. The van der Waals surface area contributed by atoms with Gasteiger partial charge in [0.05, 0.1) is 12.1 Å². The third-order valence-corrected chi connectivity index (χ3v) is 1.52. The number of phenols is 1. The molecule has 0 aliphatic rings. The Labute approximate surface area is 73.9 Å². The average molecular weight is 178 g/mol. The summed E-state index contributed by atoms with van der Waals surface area (Å²) in [4.78, 5) is 13.4. The number of benzene rings is 1. The molecular weight excluding hydrogens is 172 g/mol. The van der Waals surface area contributed by atoms with Crippen molar-refractivity contribution in [2.24, 2.45) is 0 Å². The Kier molecular flexibility index (Phi) is 2.07. The van der Waals surface area contributed by atoms with E-state index in [0.29, 0.717) is 0 Å². The number of nitrogens with two attached hydrogens (primary N) is 1. The minimum absolute atomic E-state index is 0.0671. The Bertz CT molecular complexity index is 407. The van der Waals surface area contributed by atoms with Crippen molar-refractivity contribution in [3.63, 3.8) is 0 Å². The summed E-state index contributed by atoms with van der Waals surface area (Å²) in [6, 6.07) is 2.43. The summed E-state index contributed by atoms with van der Waals surface area (Å²) in [5.41, 5.74) is 4.86. The molecule has 5 nitrogen and oxygen atoms in total. The van der Waals surface area contributed by atoms with E-state index in [1.54, 1.807) is 0 Å². The first-order valence-corrected chi connectivity index (χ1v) is 3.30. The maximum absolute atomic E-state index is 10.5. The lowest BCUT2D eigenvalue weighted by Crippen LogP contribution is -1.97. The van der Waals surface area contributed by atoms with Gasteiger partial charge in [0.1, 0.15) is 5.75 Å². The number of aromatic carboxylic acids is 1. The van der Waals surface area contributed by atoms with Gasteiger partial charge >= 0.3 is 5.97 Å². The van der Waals surface area contributed by atoms with Crippen LogP contribution in [-0.4, -0.2) is 16.2 Å². The van der Waals surface area contributed by atoms with E-state index in [2.05, 4.69) is 4.85 Å². The van der Waals surface area contributed by atoms with E-state index in [4.69, 9.17) is 17.4 Å². The third kappa shape index (κ3) is 1.37. The van der Waals surface area contributed by atoms with Crippen LogP contribution in [0.25, 0.3) is 4.85 Å². The molecule has 0 aliphatic heterocycles. The highest BCUT2D eigenvalue weighted by Gasteiger charge is 2.15. The third-order valence-electron chi connectivity index (χ3n) is 1.52. The van der Waals surface area contributed by atoms with Crippen LogP contribution >= 0.6 is 0 Å². The SMILES string of the molecule is [C-]#[N+]c1c(N)ccc(C(=O)O)c1O. The van der Waals surface area contributed by atoms with Crippen LogP contribution in [-0.2, 0) is 0 Å². The second-order valence-electron chi connectivity index (χ2n) is 2.32. The number of aromatic hydroxyl groups is 1. The molecule has 13 heavy (non-hydrogen) atoms. The minimum atomic E-state index is -1.29. The van der Waals surface area contributed by atoms with E-state index in [0.717, 1.165) is 6.07 Å². The molecule has 66 valence electrons. The van der Waals surface area contributed by atoms with Crippen LogP contribution in [0.2, 0.25) is 0 Å². The largest absolute Gasteiger partial charge is 0.518 e. The zero-order valence-electron chi connectivity index (χ0n) is 6.48. The van der Waals surface area contributed by atoms with Crippen LogP contribution in [0.1, 0.15) is 10.4 Å². The molecule has 1 aromatic carbocycles. The van der Waals surface area contributed by atoms with Gasteiger partial charge in [-0.15, -0.1) is 0 Å². The van der Waals surface area contributed by atoms with Crippen LogP contribution in [0.4, 0.5) is 11.4 Å². The molecule has 0 saturated heterocycles. The molecule has 0 aliphatic carbocycles. The molecule has 1 rings (SSSR count). The van der Waals surface area contributed by atoms with Crippen molar-refractivity contribution < 1.29 is 15.0 Å². The molecule has 0 amide bonds. The van der Waals surface area contributed by atoms with Crippen molar-refractivity contribution in [2.75, 3.05) is 5.73 Å². The van der Waals surface area contributed by atoms with Gasteiger partial charge in [-0.05, 0) is 12.1 Å². The Morgan fingerprint density at radius 3 is 2.62 bits per heavy atom. The summed E-state index contributed by atoms with van der Waals surface area (Å²) in [5, 5.41) is 17.8. The normalized spacial score (nSPS) is 9.15. The van der Waals surface area contributed by atoms with Gasteiger partial charge in [-0.3, -0.25) is 0 Å². The molecule has 0 heterocycles. The number of hydrogen-bond donors (Lipinski definition) is 3. The summed E-state index contributed by atoms with van der Waals surface area (Å²) in [6.45, 7) is 6.66. The lowest BCUT2D eigenvalue weighted by molar-refractivity contribution is 0.0694. The Balaban J connectivity index is 3.47. The van der Waals surface area contributed by atoms with Crippen molar-refractivity contribution >= 4 is 17.3 Å². The van der Waals surface area contributed by atoms with E-state index in [1.165, 1.54) is 6.07 Å². The predicted molar refractivity (Wildman–Crippen MR) is 45.7 cm³/mol. The van der Waals surface area contributed by atoms with Gasteiger partial charge in [-0.1, -0.05) is 0 Å². The average Bonchev–Trinajstić information content (AvgIpc) is 2.04. The number of nitrogens with zero attached hydrogens (tertiary/aromatic N) is 1. The number of carboxylic acid groups (broad SMARTS) is 1. The van der Waals surface area contributed by atoms with Crippen LogP contribution < -0.4 is 5.73 Å². The Morgan fingerprint density at radius 1 is 1.54 bits per heavy atom. The van der Waals surface area contributed by atoms with Gasteiger partial charge in [0.25, 0.3) is 5.69 Å². The molecule has 0 radical (unpaired) electrons. The molecule has 0 atom stereocenters. The number of rotatable bonds is 1. The Hall–Kier alpha value is -2.22. The van der Waals surface area contributed by atoms with Gasteiger partial charge < -0.3 is 15.9 Å². The van der Waals surface area contributed by atoms with Crippen molar-refractivity contribution in [3.8, 4) is 5.75 Å². The van der Waals surface area contributed by atoms with Gasteiger partial charge in [0.2, 0.25) is 0 Å². The number of carboxylic acids is 1. The fourth-order valence-electron chi connectivity index (χ4n) is 0.885. The van der Waals surface area contributed by atoms with Crippen LogP contribution in [0.5, 0.6) is 5.75 Å². The number of carbonyl (C=O) groups is 1. The lowest BCUT2D eigenvalue weighted by atomic mass is 10.1. The highest BCUT2D eigenvalue weighted by Crippen LogP contribution is 2.35. The first kappa shape index (κ1) is 8.87. The molecule has 0 bridgehead atoms. The second-order valence-corrected chi connectivity index (χ2v) is 2.32. The number of hydrogen-bond acceptors (Lipinski definition) is 3. The van der Waals surface area contributed by atoms with Crippen molar-refractivity contribution in [3.05, 3.63) is 29.1 Å². The quantitative estimate of drug-likeness (QED) is 0.445.